The number of rotatable bonds is 3. The van der Waals surface area contributed by atoms with E-state index in [1.165, 1.54) is 31.2 Å². The smallest absolute Gasteiger partial charge is 0.160 e. The van der Waals surface area contributed by atoms with E-state index in [-0.39, 0.29) is 12.4 Å². The minimum absolute atomic E-state index is 0. The van der Waals surface area contributed by atoms with Crippen LogP contribution >= 0.6 is 12.4 Å². The van der Waals surface area contributed by atoms with Gasteiger partial charge < -0.3 is 14.8 Å². The highest BCUT2D eigenvalue weighted by Crippen LogP contribution is 2.47. The topological polar surface area (TPSA) is 30.5 Å². The number of benzene rings is 1. The summed E-state index contributed by atoms with van der Waals surface area (Å²) in [5, 5.41) is 3.78. The van der Waals surface area contributed by atoms with Gasteiger partial charge in [0.1, 0.15) is 0 Å². The van der Waals surface area contributed by atoms with E-state index in [2.05, 4.69) is 24.4 Å². The van der Waals surface area contributed by atoms with Crippen LogP contribution in [0, 0.1) is 5.92 Å². The Morgan fingerprint density at radius 3 is 2.62 bits per heavy atom. The van der Waals surface area contributed by atoms with Crippen LogP contribution in [-0.4, -0.2) is 26.3 Å². The van der Waals surface area contributed by atoms with Gasteiger partial charge >= 0.3 is 0 Å². The molecule has 21 heavy (non-hydrogen) atoms. The van der Waals surface area contributed by atoms with Crippen molar-refractivity contribution < 1.29 is 9.47 Å². The molecule has 1 aliphatic carbocycles. The summed E-state index contributed by atoms with van der Waals surface area (Å²) in [6.45, 7) is 3.48. The molecule has 1 aromatic rings. The lowest BCUT2D eigenvalue weighted by atomic mass is 9.70. The zero-order valence-electron chi connectivity index (χ0n) is 13.1. The molecule has 4 heteroatoms. The Balaban J connectivity index is 0.00000161. The third-order valence-electron chi connectivity index (χ3n) is 5.33. The SMILES string of the molecule is COc1ccc(C2CNC3(C)CCCCC23)cc1OC.Cl. The lowest BCUT2D eigenvalue weighted by Gasteiger charge is -2.38. The fraction of sp³-hybridized carbons (Fsp3) is 0.647. The van der Waals surface area contributed by atoms with Gasteiger partial charge in [-0.3, -0.25) is 0 Å². The van der Waals surface area contributed by atoms with E-state index in [1.807, 2.05) is 6.07 Å². The minimum atomic E-state index is 0. The zero-order valence-corrected chi connectivity index (χ0v) is 14.0. The Bertz CT molecular complexity index is 494. The highest BCUT2D eigenvalue weighted by molar-refractivity contribution is 5.85. The Kier molecular flexibility index (Phi) is 5.05. The number of halogens is 1. The summed E-state index contributed by atoms with van der Waals surface area (Å²) in [5.41, 5.74) is 1.71. The van der Waals surface area contributed by atoms with Gasteiger partial charge in [-0.15, -0.1) is 12.4 Å². The van der Waals surface area contributed by atoms with Gasteiger partial charge in [0.05, 0.1) is 14.2 Å². The van der Waals surface area contributed by atoms with E-state index in [9.17, 15) is 0 Å². The van der Waals surface area contributed by atoms with Crippen molar-refractivity contribution in [2.24, 2.45) is 5.92 Å². The summed E-state index contributed by atoms with van der Waals surface area (Å²) < 4.78 is 10.8. The van der Waals surface area contributed by atoms with Gasteiger partial charge in [-0.2, -0.15) is 0 Å². The lowest BCUT2D eigenvalue weighted by molar-refractivity contribution is 0.206. The minimum Gasteiger partial charge on any atom is -0.493 e. The molecule has 3 rings (SSSR count). The molecule has 0 aromatic heterocycles. The van der Waals surface area contributed by atoms with Crippen LogP contribution in [0.1, 0.15) is 44.1 Å². The molecule has 1 N–H and O–H groups in total. The number of ether oxygens (including phenoxy) is 2. The van der Waals surface area contributed by atoms with Crippen LogP contribution in [0.4, 0.5) is 0 Å². The number of hydrogen-bond donors (Lipinski definition) is 1. The molecular formula is C17H26ClNO2. The average Bonchev–Trinajstić information content (AvgIpc) is 2.83. The van der Waals surface area contributed by atoms with Gasteiger partial charge in [-0.05, 0) is 43.4 Å². The van der Waals surface area contributed by atoms with E-state index < -0.39 is 0 Å². The van der Waals surface area contributed by atoms with Crippen molar-refractivity contribution in [2.75, 3.05) is 20.8 Å². The van der Waals surface area contributed by atoms with Gasteiger partial charge in [-0.25, -0.2) is 0 Å². The summed E-state index contributed by atoms with van der Waals surface area (Å²) >= 11 is 0. The molecule has 0 bridgehead atoms. The third-order valence-corrected chi connectivity index (χ3v) is 5.33. The summed E-state index contributed by atoms with van der Waals surface area (Å²) in [4.78, 5) is 0. The van der Waals surface area contributed by atoms with E-state index in [0.29, 0.717) is 11.5 Å². The molecule has 1 aromatic carbocycles. The average molecular weight is 312 g/mol. The van der Waals surface area contributed by atoms with Gasteiger partial charge in [0, 0.05) is 18.0 Å². The van der Waals surface area contributed by atoms with Gasteiger partial charge in [-0.1, -0.05) is 18.9 Å². The van der Waals surface area contributed by atoms with E-state index in [0.717, 1.165) is 24.0 Å². The second-order valence-electron chi connectivity index (χ2n) is 6.37. The first-order valence-electron chi connectivity index (χ1n) is 7.65. The second-order valence-corrected chi connectivity index (χ2v) is 6.37. The maximum atomic E-state index is 5.45. The van der Waals surface area contributed by atoms with E-state index >= 15 is 0 Å². The molecule has 118 valence electrons. The standard InChI is InChI=1S/C17H25NO2.ClH/c1-17-9-5-4-6-14(17)13(11-18-17)12-7-8-15(19-2)16(10-12)20-3;/h7-8,10,13-14,18H,4-6,9,11H2,1-3H3;1H. The molecule has 0 amide bonds. The zero-order chi connectivity index (χ0) is 14.2. The second kappa shape index (κ2) is 6.45. The van der Waals surface area contributed by atoms with Crippen LogP contribution in [0.3, 0.4) is 0 Å². The van der Waals surface area contributed by atoms with Crippen molar-refractivity contribution in [3.8, 4) is 11.5 Å². The molecule has 0 radical (unpaired) electrons. The monoisotopic (exact) mass is 311 g/mol. The van der Waals surface area contributed by atoms with E-state index in [1.54, 1.807) is 14.2 Å². The van der Waals surface area contributed by atoms with Crippen LogP contribution in [0.2, 0.25) is 0 Å². The normalized spacial score (nSPS) is 31.2. The first-order chi connectivity index (χ1) is 9.68. The Hall–Kier alpha value is -0.930. The van der Waals surface area contributed by atoms with Crippen molar-refractivity contribution in [3.05, 3.63) is 23.8 Å². The van der Waals surface area contributed by atoms with Gasteiger partial charge in [0.2, 0.25) is 0 Å². The Labute approximate surface area is 133 Å². The molecular weight excluding hydrogens is 286 g/mol. The van der Waals surface area contributed by atoms with Crippen molar-refractivity contribution in [1.82, 2.24) is 5.32 Å². The summed E-state index contributed by atoms with van der Waals surface area (Å²) in [6, 6.07) is 6.40. The van der Waals surface area contributed by atoms with Crippen LogP contribution < -0.4 is 14.8 Å². The molecule has 3 atom stereocenters. The van der Waals surface area contributed by atoms with Gasteiger partial charge in [0.15, 0.2) is 11.5 Å². The molecule has 2 aliphatic rings. The van der Waals surface area contributed by atoms with Gasteiger partial charge in [0.25, 0.3) is 0 Å². The fourth-order valence-corrected chi connectivity index (χ4v) is 4.14. The number of nitrogens with one attached hydrogen (secondary N) is 1. The van der Waals surface area contributed by atoms with Crippen molar-refractivity contribution in [2.45, 2.75) is 44.1 Å². The highest BCUT2D eigenvalue weighted by atomic mass is 35.5. The van der Waals surface area contributed by atoms with E-state index in [4.69, 9.17) is 9.47 Å². The molecule has 1 heterocycles. The largest absolute Gasteiger partial charge is 0.493 e. The summed E-state index contributed by atoms with van der Waals surface area (Å²) in [6.07, 6.45) is 5.37. The molecule has 3 unspecified atom stereocenters. The number of methoxy groups -OCH3 is 2. The lowest BCUT2D eigenvalue weighted by Crippen LogP contribution is -2.43. The predicted molar refractivity (Wildman–Crippen MR) is 87.9 cm³/mol. The molecule has 3 nitrogen and oxygen atoms in total. The first kappa shape index (κ1) is 16.4. The van der Waals surface area contributed by atoms with Crippen LogP contribution in [0.15, 0.2) is 18.2 Å². The molecule has 1 aliphatic heterocycles. The Morgan fingerprint density at radius 1 is 1.14 bits per heavy atom. The van der Waals surface area contributed by atoms with Crippen LogP contribution in [0.25, 0.3) is 0 Å². The number of fused-ring (bicyclic) bond motifs is 1. The Morgan fingerprint density at radius 2 is 1.90 bits per heavy atom. The van der Waals surface area contributed by atoms with Crippen molar-refractivity contribution in [1.29, 1.82) is 0 Å². The maximum absolute atomic E-state index is 5.45. The predicted octanol–water partition coefficient (Wildman–Crippen LogP) is 3.76. The third kappa shape index (κ3) is 2.86. The summed E-state index contributed by atoms with van der Waals surface area (Å²) in [5.74, 6) is 3.00. The summed E-state index contributed by atoms with van der Waals surface area (Å²) in [7, 11) is 3.39. The highest BCUT2D eigenvalue weighted by Gasteiger charge is 2.46. The first-order valence-corrected chi connectivity index (χ1v) is 7.65. The maximum Gasteiger partial charge on any atom is 0.160 e. The molecule has 0 spiro atoms. The number of hydrogen-bond acceptors (Lipinski definition) is 3. The quantitative estimate of drug-likeness (QED) is 0.922. The molecule has 1 saturated carbocycles. The van der Waals surface area contributed by atoms with Crippen LogP contribution in [-0.2, 0) is 0 Å². The molecule has 1 saturated heterocycles. The van der Waals surface area contributed by atoms with Crippen LogP contribution in [0.5, 0.6) is 11.5 Å². The molecule has 2 fully saturated rings. The van der Waals surface area contributed by atoms with Crippen molar-refractivity contribution in [3.63, 3.8) is 0 Å². The fourth-order valence-electron chi connectivity index (χ4n) is 4.14. The van der Waals surface area contributed by atoms with Crippen molar-refractivity contribution >= 4 is 12.4 Å².